The Morgan fingerprint density at radius 2 is 2.10 bits per heavy atom. The third-order valence-corrected chi connectivity index (χ3v) is 3.12. The molecule has 1 unspecified atom stereocenters. The molecule has 118 valence electrons. The molecule has 0 saturated heterocycles. The summed E-state index contributed by atoms with van der Waals surface area (Å²) in [6.07, 6.45) is -4.58. The Morgan fingerprint density at radius 3 is 2.62 bits per heavy atom. The number of nitrogens with two attached hydrogens (primary N) is 1. The number of halogens is 3. The average Bonchev–Trinajstić information content (AvgIpc) is 2.39. The van der Waals surface area contributed by atoms with Gasteiger partial charge in [-0.15, -0.1) is 0 Å². The van der Waals surface area contributed by atoms with Crippen molar-refractivity contribution in [3.8, 4) is 0 Å². The normalized spacial score (nSPS) is 13.3. The predicted octanol–water partition coefficient (Wildman–Crippen LogP) is 1.54. The zero-order valence-corrected chi connectivity index (χ0v) is 11.7. The number of likely N-dealkylation sites (N-methyl/N-ethyl adjacent to an activating group) is 1. The molecule has 8 heteroatoms. The molecule has 0 spiro atoms. The highest BCUT2D eigenvalue weighted by molar-refractivity contribution is 5.94. The quantitative estimate of drug-likeness (QED) is 0.721. The molecular weight excluding hydrogens is 287 g/mol. The van der Waals surface area contributed by atoms with E-state index in [4.69, 9.17) is 10.8 Å². The van der Waals surface area contributed by atoms with E-state index in [0.717, 1.165) is 12.1 Å². The second-order valence-corrected chi connectivity index (χ2v) is 4.67. The number of nitrogen functional groups attached to an aromatic ring is 1. The predicted molar refractivity (Wildman–Crippen MR) is 73.7 cm³/mol. The van der Waals surface area contributed by atoms with Gasteiger partial charge in [0.25, 0.3) is 0 Å². The second-order valence-electron chi connectivity index (χ2n) is 4.67. The number of carbonyl (C=O) groups excluding carboxylic acids is 1. The number of nitrogens with zero attached hydrogens (tertiary/aromatic N) is 1. The largest absolute Gasteiger partial charge is 0.418 e. The number of anilines is 2. The van der Waals surface area contributed by atoms with Crippen molar-refractivity contribution < 1.29 is 23.1 Å². The van der Waals surface area contributed by atoms with Gasteiger partial charge in [-0.25, -0.2) is 0 Å². The maximum atomic E-state index is 12.7. The number of alkyl halides is 3. The maximum Gasteiger partial charge on any atom is 0.418 e. The number of hydrogen-bond donors (Lipinski definition) is 3. The van der Waals surface area contributed by atoms with Crippen LogP contribution in [0.15, 0.2) is 18.2 Å². The highest BCUT2D eigenvalue weighted by Gasteiger charge is 2.33. The number of carbonyl (C=O) groups is 1. The molecule has 1 aromatic rings. The molecule has 0 radical (unpaired) electrons. The van der Waals surface area contributed by atoms with Gasteiger partial charge in [-0.1, -0.05) is 0 Å². The summed E-state index contributed by atoms with van der Waals surface area (Å²) in [5.74, 6) is -0.469. The van der Waals surface area contributed by atoms with Gasteiger partial charge in [-0.05, 0) is 32.2 Å². The lowest BCUT2D eigenvalue weighted by Gasteiger charge is -2.23. The topological polar surface area (TPSA) is 78.6 Å². The molecule has 1 atom stereocenters. The molecule has 0 aromatic heterocycles. The summed E-state index contributed by atoms with van der Waals surface area (Å²) in [5.41, 5.74) is 3.92. The minimum Gasteiger partial charge on any atom is -0.398 e. The molecule has 1 amide bonds. The monoisotopic (exact) mass is 305 g/mol. The Morgan fingerprint density at radius 1 is 1.48 bits per heavy atom. The van der Waals surface area contributed by atoms with Crippen LogP contribution in [-0.2, 0) is 11.0 Å². The van der Waals surface area contributed by atoms with Crippen molar-refractivity contribution in [1.29, 1.82) is 0 Å². The van der Waals surface area contributed by atoms with Crippen LogP contribution < -0.4 is 11.1 Å². The van der Waals surface area contributed by atoms with E-state index in [1.165, 1.54) is 6.07 Å². The lowest BCUT2D eigenvalue weighted by atomic mass is 10.1. The zero-order valence-electron chi connectivity index (χ0n) is 11.7. The third kappa shape index (κ3) is 4.61. The molecule has 0 aliphatic rings. The van der Waals surface area contributed by atoms with Crippen LogP contribution in [-0.4, -0.2) is 42.2 Å². The SMILES string of the molecule is CC(C(=O)Nc1ccc(N)c(C(F)(F)F)c1)N(C)CCO. The Labute approximate surface area is 120 Å². The fourth-order valence-electron chi connectivity index (χ4n) is 1.68. The van der Waals surface area contributed by atoms with Crippen molar-refractivity contribution in [2.75, 3.05) is 31.2 Å². The molecule has 21 heavy (non-hydrogen) atoms. The first-order valence-corrected chi connectivity index (χ1v) is 6.25. The first-order valence-electron chi connectivity index (χ1n) is 6.25. The minimum atomic E-state index is -4.58. The first kappa shape index (κ1) is 17.3. The van der Waals surface area contributed by atoms with E-state index < -0.39 is 29.4 Å². The molecular formula is C13H18F3N3O2. The number of aliphatic hydroxyl groups is 1. The first-order chi connectivity index (χ1) is 9.66. The van der Waals surface area contributed by atoms with Gasteiger partial charge in [0.05, 0.1) is 18.2 Å². The summed E-state index contributed by atoms with van der Waals surface area (Å²) >= 11 is 0. The van der Waals surface area contributed by atoms with E-state index in [0.29, 0.717) is 0 Å². The molecule has 0 bridgehead atoms. The van der Waals surface area contributed by atoms with Gasteiger partial charge in [-0.3, -0.25) is 9.69 Å². The molecule has 1 rings (SSSR count). The van der Waals surface area contributed by atoms with Gasteiger partial charge in [0.1, 0.15) is 0 Å². The minimum absolute atomic E-state index is 0.0192. The van der Waals surface area contributed by atoms with Gasteiger partial charge in [-0.2, -0.15) is 13.2 Å². The van der Waals surface area contributed by atoms with Crippen LogP contribution in [0.25, 0.3) is 0 Å². The molecule has 0 saturated carbocycles. The molecule has 0 fully saturated rings. The number of hydrogen-bond acceptors (Lipinski definition) is 4. The van der Waals surface area contributed by atoms with Crippen LogP contribution in [0.5, 0.6) is 0 Å². The van der Waals surface area contributed by atoms with Gasteiger partial charge in [0.15, 0.2) is 0 Å². The van der Waals surface area contributed by atoms with Crippen LogP contribution >= 0.6 is 0 Å². The van der Waals surface area contributed by atoms with Crippen LogP contribution in [0.3, 0.4) is 0 Å². The van der Waals surface area contributed by atoms with Crippen molar-refractivity contribution in [2.45, 2.75) is 19.1 Å². The van der Waals surface area contributed by atoms with E-state index in [9.17, 15) is 18.0 Å². The molecule has 0 aliphatic heterocycles. The van der Waals surface area contributed by atoms with Gasteiger partial charge in [0, 0.05) is 17.9 Å². The van der Waals surface area contributed by atoms with Crippen LogP contribution in [0, 0.1) is 0 Å². The molecule has 1 aromatic carbocycles. The number of rotatable bonds is 5. The van der Waals surface area contributed by atoms with Crippen molar-refractivity contribution in [1.82, 2.24) is 4.90 Å². The summed E-state index contributed by atoms with van der Waals surface area (Å²) in [4.78, 5) is 13.5. The van der Waals surface area contributed by atoms with E-state index in [1.807, 2.05) is 0 Å². The van der Waals surface area contributed by atoms with Gasteiger partial charge < -0.3 is 16.2 Å². The van der Waals surface area contributed by atoms with Crippen molar-refractivity contribution in [2.24, 2.45) is 0 Å². The Balaban J connectivity index is 2.86. The lowest BCUT2D eigenvalue weighted by molar-refractivity contribution is -0.137. The van der Waals surface area contributed by atoms with Crippen LogP contribution in [0.2, 0.25) is 0 Å². The molecule has 0 aliphatic carbocycles. The van der Waals surface area contributed by atoms with Crippen molar-refractivity contribution in [3.05, 3.63) is 23.8 Å². The van der Waals surface area contributed by atoms with Crippen LogP contribution in [0.4, 0.5) is 24.5 Å². The van der Waals surface area contributed by atoms with Crippen molar-refractivity contribution >= 4 is 17.3 Å². The fourth-order valence-corrected chi connectivity index (χ4v) is 1.68. The second kappa shape index (κ2) is 6.77. The van der Waals surface area contributed by atoms with E-state index >= 15 is 0 Å². The summed E-state index contributed by atoms with van der Waals surface area (Å²) in [6.45, 7) is 1.76. The maximum absolute atomic E-state index is 12.7. The summed E-state index contributed by atoms with van der Waals surface area (Å²) < 4.78 is 38.2. The Hall–Kier alpha value is -1.80. The van der Waals surface area contributed by atoms with Gasteiger partial charge in [0.2, 0.25) is 5.91 Å². The smallest absolute Gasteiger partial charge is 0.398 e. The molecule has 4 N–H and O–H groups in total. The number of amides is 1. The fraction of sp³-hybridized carbons (Fsp3) is 0.462. The number of benzene rings is 1. The Bertz CT molecular complexity index is 506. The number of nitrogens with one attached hydrogen (secondary N) is 1. The zero-order chi connectivity index (χ0) is 16.2. The van der Waals surface area contributed by atoms with Gasteiger partial charge >= 0.3 is 6.18 Å². The van der Waals surface area contributed by atoms with Crippen LogP contribution in [0.1, 0.15) is 12.5 Å². The summed E-state index contributed by atoms with van der Waals surface area (Å²) in [5, 5.41) is 11.2. The van der Waals surface area contributed by atoms with E-state index in [1.54, 1.807) is 18.9 Å². The van der Waals surface area contributed by atoms with E-state index in [2.05, 4.69) is 5.32 Å². The highest BCUT2D eigenvalue weighted by Crippen LogP contribution is 2.35. The average molecular weight is 305 g/mol. The van der Waals surface area contributed by atoms with Crippen molar-refractivity contribution in [3.63, 3.8) is 0 Å². The Kier molecular flexibility index (Phi) is 5.56. The number of aliphatic hydroxyl groups excluding tert-OH is 1. The summed E-state index contributed by atoms with van der Waals surface area (Å²) in [6, 6.07) is 2.61. The van der Waals surface area contributed by atoms with E-state index in [-0.39, 0.29) is 18.8 Å². The standard InChI is InChI=1S/C13H18F3N3O2/c1-8(19(2)5-6-20)12(21)18-9-3-4-11(17)10(7-9)13(14,15)16/h3-4,7-8,20H,5-6,17H2,1-2H3,(H,18,21). The lowest BCUT2D eigenvalue weighted by Crippen LogP contribution is -2.40. The third-order valence-electron chi connectivity index (χ3n) is 3.12. The summed E-state index contributed by atoms with van der Waals surface area (Å²) in [7, 11) is 1.63. The molecule has 0 heterocycles. The highest BCUT2D eigenvalue weighted by atomic mass is 19.4. The molecule has 5 nitrogen and oxygen atoms in total.